The lowest BCUT2D eigenvalue weighted by atomic mass is 9.76. The smallest absolute Gasteiger partial charge is 0.429 e. The number of fused-ring (bicyclic) bond motifs is 1. The Bertz CT molecular complexity index is 1660. The van der Waals surface area contributed by atoms with Gasteiger partial charge in [-0.1, -0.05) is 30.3 Å². The largest absolute Gasteiger partial charge is 0.480 e. The summed E-state index contributed by atoms with van der Waals surface area (Å²) in [5, 5.41) is 17.8. The Balaban J connectivity index is 1.20. The predicted molar refractivity (Wildman–Crippen MR) is 155 cm³/mol. The van der Waals surface area contributed by atoms with E-state index in [4.69, 9.17) is 10.5 Å². The van der Waals surface area contributed by atoms with E-state index >= 15 is 0 Å². The van der Waals surface area contributed by atoms with Gasteiger partial charge in [0.1, 0.15) is 11.9 Å². The molecule has 4 aromatic rings. The molecule has 2 atom stereocenters. The van der Waals surface area contributed by atoms with Crippen molar-refractivity contribution >= 4 is 28.6 Å². The molecule has 6 rings (SSSR count). The number of carboxylic acid groups (broad SMARTS) is 1. The number of ether oxygens (including phenoxy) is 1. The maximum Gasteiger partial charge on any atom is 0.429 e. The first kappa shape index (κ1) is 28.7. The number of nitrogens with two attached hydrogens (primary N) is 1. The van der Waals surface area contributed by atoms with Crippen molar-refractivity contribution in [2.75, 3.05) is 30.3 Å². The Morgan fingerprint density at radius 2 is 1.81 bits per heavy atom. The molecule has 10 nitrogen and oxygen atoms in total. The number of carbonyl (C=O) groups is 1. The zero-order valence-corrected chi connectivity index (χ0v) is 23.7. The van der Waals surface area contributed by atoms with E-state index in [1.54, 1.807) is 16.8 Å². The van der Waals surface area contributed by atoms with E-state index in [1.807, 2.05) is 37.1 Å². The zero-order valence-electron chi connectivity index (χ0n) is 23.7. The normalized spacial score (nSPS) is 19.2. The summed E-state index contributed by atoms with van der Waals surface area (Å²) >= 11 is 0. The molecule has 2 aromatic heterocycles. The first-order valence-electron chi connectivity index (χ1n) is 14.0. The molecule has 4 N–H and O–H groups in total. The number of aryl methyl sites for hydroxylation is 2. The summed E-state index contributed by atoms with van der Waals surface area (Å²) in [5.74, 6) is -0.964. The van der Waals surface area contributed by atoms with Crippen LogP contribution in [0.4, 0.5) is 24.9 Å². The molecule has 0 unspecified atom stereocenters. The third kappa shape index (κ3) is 5.68. The van der Waals surface area contributed by atoms with Crippen LogP contribution in [0.15, 0.2) is 48.5 Å². The molecule has 13 heteroatoms. The van der Waals surface area contributed by atoms with Gasteiger partial charge in [0, 0.05) is 43.7 Å². The third-order valence-corrected chi connectivity index (χ3v) is 8.63. The monoisotopic (exact) mass is 595 g/mol. The molecule has 2 aliphatic rings. The van der Waals surface area contributed by atoms with Crippen LogP contribution in [0.5, 0.6) is 5.88 Å². The van der Waals surface area contributed by atoms with Crippen LogP contribution in [-0.2, 0) is 11.8 Å². The molecule has 0 radical (unpaired) electrons. The van der Waals surface area contributed by atoms with E-state index in [9.17, 15) is 23.1 Å². The SMILES string of the molecule is Cc1nn(C)c2ccc(-c3ccc([C@@H](Oc4cc(N5CCC6(CC5)CN[C@H](C(=O)O)C6)nc(N)n4)C(F)(F)F)cc3)cc12. The molecule has 4 heterocycles. The van der Waals surface area contributed by atoms with Crippen LogP contribution < -0.4 is 20.7 Å². The summed E-state index contributed by atoms with van der Waals surface area (Å²) in [5.41, 5.74) is 9.16. The molecule has 0 aliphatic carbocycles. The fourth-order valence-corrected chi connectivity index (χ4v) is 6.25. The van der Waals surface area contributed by atoms with Crippen molar-refractivity contribution in [1.29, 1.82) is 0 Å². The molecule has 2 aromatic carbocycles. The average molecular weight is 596 g/mol. The molecule has 1 spiro atoms. The third-order valence-electron chi connectivity index (χ3n) is 8.63. The molecule has 2 fully saturated rings. The van der Waals surface area contributed by atoms with Crippen LogP contribution in [-0.4, -0.2) is 62.7 Å². The summed E-state index contributed by atoms with van der Waals surface area (Å²) in [4.78, 5) is 21.5. The lowest BCUT2D eigenvalue weighted by Crippen LogP contribution is -2.41. The minimum Gasteiger partial charge on any atom is -0.480 e. The van der Waals surface area contributed by atoms with Crippen molar-refractivity contribution in [3.8, 4) is 17.0 Å². The number of hydrogen-bond donors (Lipinski definition) is 3. The Kier molecular flexibility index (Phi) is 7.15. The molecule has 43 heavy (non-hydrogen) atoms. The molecular weight excluding hydrogens is 563 g/mol. The molecular formula is C30H32F3N7O3. The van der Waals surface area contributed by atoms with Crippen molar-refractivity contribution in [1.82, 2.24) is 25.1 Å². The van der Waals surface area contributed by atoms with Gasteiger partial charge in [-0.05, 0) is 54.9 Å². The van der Waals surface area contributed by atoms with Gasteiger partial charge in [0.15, 0.2) is 0 Å². The van der Waals surface area contributed by atoms with E-state index in [0.29, 0.717) is 44.7 Å². The van der Waals surface area contributed by atoms with Gasteiger partial charge in [-0.25, -0.2) is 0 Å². The van der Waals surface area contributed by atoms with Crippen LogP contribution in [0.1, 0.15) is 36.6 Å². The van der Waals surface area contributed by atoms with Crippen molar-refractivity contribution in [2.45, 2.75) is 44.5 Å². The van der Waals surface area contributed by atoms with Gasteiger partial charge in [0.05, 0.1) is 11.2 Å². The van der Waals surface area contributed by atoms with E-state index < -0.39 is 24.3 Å². The predicted octanol–water partition coefficient (Wildman–Crippen LogP) is 4.64. The number of rotatable bonds is 6. The summed E-state index contributed by atoms with van der Waals surface area (Å²) < 4.78 is 50.1. The molecule has 2 saturated heterocycles. The quantitative estimate of drug-likeness (QED) is 0.292. The number of hydrogen-bond acceptors (Lipinski definition) is 8. The van der Waals surface area contributed by atoms with Gasteiger partial charge in [-0.15, -0.1) is 0 Å². The highest BCUT2D eigenvalue weighted by Gasteiger charge is 2.45. The highest BCUT2D eigenvalue weighted by Crippen LogP contribution is 2.41. The van der Waals surface area contributed by atoms with Crippen LogP contribution in [0.3, 0.4) is 0 Å². The second-order valence-corrected chi connectivity index (χ2v) is 11.5. The minimum atomic E-state index is -4.72. The standard InChI is InChI=1S/C30H32F3N7O3/c1-17-21-13-20(7-8-23(21)39(2)38-17)18-3-5-19(6-4-18)26(30(31,32)33)43-25-14-24(36-28(34)37-25)40-11-9-29(10-12-40)15-22(27(41)42)35-16-29/h3-8,13-14,22,26,35H,9-12,15-16H2,1-2H3,(H,41,42)(H2,34,36,37)/t22-,26+/m0/s1. The lowest BCUT2D eigenvalue weighted by Gasteiger charge is -2.39. The second-order valence-electron chi connectivity index (χ2n) is 11.5. The fourth-order valence-electron chi connectivity index (χ4n) is 6.25. The van der Waals surface area contributed by atoms with E-state index in [2.05, 4.69) is 20.4 Å². The highest BCUT2D eigenvalue weighted by atomic mass is 19.4. The topological polar surface area (TPSA) is 131 Å². The van der Waals surface area contributed by atoms with E-state index in [0.717, 1.165) is 27.7 Å². The Hall–Kier alpha value is -4.39. The highest BCUT2D eigenvalue weighted by molar-refractivity contribution is 5.87. The number of nitrogens with zero attached hydrogens (tertiary/aromatic N) is 5. The zero-order chi connectivity index (χ0) is 30.5. The van der Waals surface area contributed by atoms with Crippen LogP contribution in [0.25, 0.3) is 22.0 Å². The van der Waals surface area contributed by atoms with Gasteiger partial charge in [0.2, 0.25) is 17.9 Å². The first-order valence-corrected chi connectivity index (χ1v) is 14.0. The number of anilines is 2. The number of aliphatic carboxylic acids is 1. The number of benzene rings is 2. The molecule has 0 amide bonds. The summed E-state index contributed by atoms with van der Waals surface area (Å²) in [7, 11) is 1.86. The van der Waals surface area contributed by atoms with E-state index in [1.165, 1.54) is 18.2 Å². The number of piperidine rings is 1. The first-order chi connectivity index (χ1) is 20.4. The van der Waals surface area contributed by atoms with Crippen LogP contribution >= 0.6 is 0 Å². The Morgan fingerprint density at radius 1 is 1.12 bits per heavy atom. The van der Waals surface area contributed by atoms with Gasteiger partial charge in [-0.2, -0.15) is 28.2 Å². The van der Waals surface area contributed by atoms with Crippen molar-refractivity contribution < 1.29 is 27.8 Å². The number of nitrogens with one attached hydrogen (secondary N) is 1. The Morgan fingerprint density at radius 3 is 2.47 bits per heavy atom. The van der Waals surface area contributed by atoms with Gasteiger partial charge >= 0.3 is 12.1 Å². The molecule has 0 saturated carbocycles. The van der Waals surface area contributed by atoms with Crippen molar-refractivity contribution in [3.05, 3.63) is 59.8 Å². The number of halogens is 3. The second kappa shape index (κ2) is 10.7. The maximum atomic E-state index is 14.3. The van der Waals surface area contributed by atoms with E-state index in [-0.39, 0.29) is 22.8 Å². The number of carboxylic acids is 1. The number of alkyl halides is 3. The van der Waals surface area contributed by atoms with Crippen molar-refractivity contribution in [3.63, 3.8) is 0 Å². The number of nitrogen functional groups attached to an aromatic ring is 1. The minimum absolute atomic E-state index is 0.0738. The van der Waals surface area contributed by atoms with Crippen molar-refractivity contribution in [2.24, 2.45) is 12.5 Å². The van der Waals surface area contributed by atoms with Crippen LogP contribution in [0.2, 0.25) is 0 Å². The molecule has 2 aliphatic heterocycles. The summed E-state index contributed by atoms with van der Waals surface area (Å²) in [6, 6.07) is 12.7. The Labute approximate surface area is 245 Å². The lowest BCUT2D eigenvalue weighted by molar-refractivity contribution is -0.198. The van der Waals surface area contributed by atoms with Gasteiger partial charge in [0.25, 0.3) is 0 Å². The van der Waals surface area contributed by atoms with Gasteiger partial charge < -0.3 is 25.8 Å². The maximum absolute atomic E-state index is 14.3. The molecule has 226 valence electrons. The summed E-state index contributed by atoms with van der Waals surface area (Å²) in [6.45, 7) is 3.63. The number of aromatic nitrogens is 4. The summed E-state index contributed by atoms with van der Waals surface area (Å²) in [6.07, 6.45) is -5.02. The van der Waals surface area contributed by atoms with Gasteiger partial charge in [-0.3, -0.25) is 9.48 Å². The average Bonchev–Trinajstić information content (AvgIpc) is 3.51. The molecule has 0 bridgehead atoms. The fraction of sp³-hybridized carbons (Fsp3) is 0.400. The van der Waals surface area contributed by atoms with Crippen LogP contribution in [0, 0.1) is 12.3 Å².